The molecule has 0 fully saturated rings. The average molecular weight is 569 g/mol. The summed E-state index contributed by atoms with van der Waals surface area (Å²) >= 11 is 0. The van der Waals surface area contributed by atoms with Gasteiger partial charge in [-0.3, -0.25) is 0 Å². The first-order chi connectivity index (χ1) is 21.7. The van der Waals surface area contributed by atoms with Crippen molar-refractivity contribution in [3.63, 3.8) is 0 Å². The summed E-state index contributed by atoms with van der Waals surface area (Å²) in [7, 11) is 0. The highest BCUT2D eigenvalue weighted by Crippen LogP contribution is 2.42. The van der Waals surface area contributed by atoms with E-state index in [-0.39, 0.29) is 0 Å². The van der Waals surface area contributed by atoms with Gasteiger partial charge in [-0.15, -0.1) is 0 Å². The molecular weight excluding hydrogens is 532 g/mol. The molecule has 8 rings (SSSR count). The highest BCUT2D eigenvalue weighted by molar-refractivity contribution is 6.28. The first-order valence-electron chi connectivity index (χ1n) is 15.6. The molecule has 2 heteroatoms. The van der Waals surface area contributed by atoms with Crippen LogP contribution in [-0.4, -0.2) is 9.13 Å². The fourth-order valence-electron chi connectivity index (χ4n) is 6.63. The summed E-state index contributed by atoms with van der Waals surface area (Å²) in [6.07, 6.45) is 4.28. The highest BCUT2D eigenvalue weighted by atomic mass is 15.0. The fourth-order valence-corrected chi connectivity index (χ4v) is 6.63. The van der Waals surface area contributed by atoms with Crippen molar-refractivity contribution in [1.82, 2.24) is 9.13 Å². The van der Waals surface area contributed by atoms with Crippen LogP contribution in [0.3, 0.4) is 0 Å². The molecule has 0 radical (unpaired) electrons. The number of para-hydroxylation sites is 3. The third-order valence-electron chi connectivity index (χ3n) is 8.57. The van der Waals surface area contributed by atoms with Gasteiger partial charge in [0.15, 0.2) is 0 Å². The Labute approximate surface area is 259 Å². The predicted octanol–water partition coefficient (Wildman–Crippen LogP) is 11.9. The lowest BCUT2D eigenvalue weighted by molar-refractivity contribution is 1.17. The summed E-state index contributed by atoms with van der Waals surface area (Å²) in [5.74, 6) is 0. The molecule has 0 N–H and O–H groups in total. The van der Waals surface area contributed by atoms with Crippen LogP contribution in [-0.2, 0) is 0 Å². The lowest BCUT2D eigenvalue weighted by Crippen LogP contribution is -1.95. The van der Waals surface area contributed by atoms with Gasteiger partial charge in [-0.25, -0.2) is 0 Å². The van der Waals surface area contributed by atoms with Crippen molar-refractivity contribution in [3.8, 4) is 22.5 Å². The number of fused-ring (bicyclic) bond motifs is 7. The summed E-state index contributed by atoms with van der Waals surface area (Å²) in [6, 6.07) is 48.6. The van der Waals surface area contributed by atoms with E-state index in [9.17, 15) is 0 Å². The molecule has 0 saturated carbocycles. The lowest BCUT2D eigenvalue weighted by atomic mass is 9.99. The van der Waals surface area contributed by atoms with Crippen molar-refractivity contribution in [2.24, 2.45) is 0 Å². The smallest absolute Gasteiger partial charge is 0.0548 e. The van der Waals surface area contributed by atoms with E-state index in [4.69, 9.17) is 0 Å². The summed E-state index contributed by atoms with van der Waals surface area (Å²) in [5, 5.41) is 5.14. The molecule has 2 aromatic heterocycles. The predicted molar refractivity (Wildman–Crippen MR) is 191 cm³/mol. The standard InChI is InChI=1S/C40H30N2.C2H6/c1-3-11-29-26-30(19-18-27(29)2)28-20-22-32(23-21-28)42-36-17-10-8-15-34(36)40-38(42)25-24-37-39(40)33-14-7-9-16-35(33)41(37)31-12-5-4-6-13-31;1-2/h3-26H,1-2H3;1-2H3/b11-3-;. The van der Waals surface area contributed by atoms with Gasteiger partial charge < -0.3 is 9.13 Å². The molecule has 214 valence electrons. The minimum absolute atomic E-state index is 1.16. The van der Waals surface area contributed by atoms with Crippen molar-refractivity contribution in [2.75, 3.05) is 0 Å². The molecule has 0 aliphatic heterocycles. The van der Waals surface area contributed by atoms with Crippen LogP contribution in [0.2, 0.25) is 0 Å². The number of rotatable bonds is 4. The Kier molecular flexibility index (Phi) is 7.12. The van der Waals surface area contributed by atoms with Crippen molar-refractivity contribution in [3.05, 3.63) is 151 Å². The second-order valence-corrected chi connectivity index (χ2v) is 11.0. The quantitative estimate of drug-likeness (QED) is 0.200. The largest absolute Gasteiger partial charge is 0.309 e. The molecule has 0 aliphatic carbocycles. The monoisotopic (exact) mass is 568 g/mol. The second kappa shape index (κ2) is 11.4. The lowest BCUT2D eigenvalue weighted by Gasteiger charge is -2.11. The zero-order chi connectivity index (χ0) is 30.2. The SMILES string of the molecule is C/C=C\c1cc(-c2ccc(-n3c4ccccc4c4c5c6ccccc6n(-c6ccccc6)c5ccc43)cc2)ccc1C.CC. The molecule has 0 bridgehead atoms. The highest BCUT2D eigenvalue weighted by Gasteiger charge is 2.20. The van der Waals surface area contributed by atoms with Crippen molar-refractivity contribution in [1.29, 1.82) is 0 Å². The van der Waals surface area contributed by atoms with Crippen LogP contribution in [0.4, 0.5) is 0 Å². The topological polar surface area (TPSA) is 9.86 Å². The van der Waals surface area contributed by atoms with E-state index >= 15 is 0 Å². The molecular formula is C42H36N2. The van der Waals surface area contributed by atoms with Gasteiger partial charge in [0.2, 0.25) is 0 Å². The van der Waals surface area contributed by atoms with Gasteiger partial charge in [0.1, 0.15) is 0 Å². The maximum absolute atomic E-state index is 2.42. The van der Waals surface area contributed by atoms with Gasteiger partial charge in [-0.05, 0) is 90.7 Å². The molecule has 0 aliphatic rings. The Balaban J connectivity index is 0.00000153. The fraction of sp³-hybridized carbons (Fsp3) is 0.0952. The minimum atomic E-state index is 1.16. The number of nitrogens with zero attached hydrogens (tertiary/aromatic N) is 2. The van der Waals surface area contributed by atoms with Crippen LogP contribution in [0.15, 0.2) is 140 Å². The number of allylic oxidation sites excluding steroid dienone is 1. The first-order valence-corrected chi connectivity index (χ1v) is 15.6. The Bertz CT molecular complexity index is 2300. The van der Waals surface area contributed by atoms with Crippen molar-refractivity contribution in [2.45, 2.75) is 27.7 Å². The Morgan fingerprint density at radius 2 is 0.977 bits per heavy atom. The molecule has 0 saturated heterocycles. The number of hydrogen-bond acceptors (Lipinski definition) is 0. The summed E-state index contributed by atoms with van der Waals surface area (Å²) in [4.78, 5) is 0. The molecule has 6 aromatic carbocycles. The van der Waals surface area contributed by atoms with Crippen LogP contribution < -0.4 is 0 Å². The molecule has 2 nitrogen and oxygen atoms in total. The summed E-state index contributed by atoms with van der Waals surface area (Å²) in [6.45, 7) is 8.23. The zero-order valence-electron chi connectivity index (χ0n) is 25.8. The molecule has 0 atom stereocenters. The Hall–Kier alpha value is -5.34. The number of hydrogen-bond donors (Lipinski definition) is 0. The van der Waals surface area contributed by atoms with Gasteiger partial charge in [-0.2, -0.15) is 0 Å². The first kappa shape index (κ1) is 27.5. The molecule has 0 unspecified atom stereocenters. The number of aromatic nitrogens is 2. The summed E-state index contributed by atoms with van der Waals surface area (Å²) in [5.41, 5.74) is 12.2. The van der Waals surface area contributed by atoms with E-state index in [1.807, 2.05) is 13.8 Å². The van der Waals surface area contributed by atoms with Crippen LogP contribution in [0.25, 0.3) is 72.2 Å². The molecule has 2 heterocycles. The van der Waals surface area contributed by atoms with Gasteiger partial charge >= 0.3 is 0 Å². The third-order valence-corrected chi connectivity index (χ3v) is 8.57. The maximum Gasteiger partial charge on any atom is 0.0548 e. The molecule has 0 spiro atoms. The van der Waals surface area contributed by atoms with Crippen LogP contribution in [0.1, 0.15) is 31.9 Å². The second-order valence-electron chi connectivity index (χ2n) is 11.0. The minimum Gasteiger partial charge on any atom is -0.309 e. The van der Waals surface area contributed by atoms with E-state index in [2.05, 4.69) is 169 Å². The normalized spacial score (nSPS) is 11.5. The summed E-state index contributed by atoms with van der Waals surface area (Å²) < 4.78 is 4.82. The van der Waals surface area contributed by atoms with Crippen LogP contribution >= 0.6 is 0 Å². The van der Waals surface area contributed by atoms with E-state index in [1.165, 1.54) is 71.6 Å². The van der Waals surface area contributed by atoms with Crippen molar-refractivity contribution < 1.29 is 0 Å². The van der Waals surface area contributed by atoms with E-state index in [0.717, 1.165) is 5.69 Å². The van der Waals surface area contributed by atoms with Gasteiger partial charge in [0, 0.05) is 32.9 Å². The molecule has 0 amide bonds. The van der Waals surface area contributed by atoms with Crippen LogP contribution in [0, 0.1) is 6.92 Å². The average Bonchev–Trinajstić information content (AvgIpc) is 3.60. The Morgan fingerprint density at radius 1 is 0.477 bits per heavy atom. The third kappa shape index (κ3) is 4.34. The van der Waals surface area contributed by atoms with E-state index in [1.54, 1.807) is 0 Å². The number of aryl methyl sites for hydroxylation is 1. The maximum atomic E-state index is 2.42. The molecule has 8 aromatic rings. The van der Waals surface area contributed by atoms with Gasteiger partial charge in [-0.1, -0.05) is 105 Å². The van der Waals surface area contributed by atoms with Gasteiger partial charge in [0.25, 0.3) is 0 Å². The molecule has 44 heavy (non-hydrogen) atoms. The van der Waals surface area contributed by atoms with Crippen LogP contribution in [0.5, 0.6) is 0 Å². The van der Waals surface area contributed by atoms with Crippen molar-refractivity contribution >= 4 is 49.7 Å². The Morgan fingerprint density at radius 3 is 1.55 bits per heavy atom. The van der Waals surface area contributed by atoms with E-state index in [0.29, 0.717) is 0 Å². The van der Waals surface area contributed by atoms with Gasteiger partial charge in [0.05, 0.1) is 22.1 Å². The zero-order valence-corrected chi connectivity index (χ0v) is 25.8. The van der Waals surface area contributed by atoms with E-state index < -0.39 is 0 Å². The number of benzene rings is 6.